The lowest BCUT2D eigenvalue weighted by Crippen LogP contribution is -2.49. The molecule has 2 aliphatic heterocycles. The maximum absolute atomic E-state index is 13.7. The van der Waals surface area contributed by atoms with E-state index in [1.165, 1.54) is 16.2 Å². The fraction of sp³-hybridized carbons (Fsp3) is 0.406. The molecular weight excluding hydrogens is 596 g/mol. The Balaban J connectivity index is 1.05. The van der Waals surface area contributed by atoms with E-state index in [2.05, 4.69) is 25.8 Å². The molecule has 3 aromatic rings. The molecule has 45 heavy (non-hydrogen) atoms. The molecular formula is C32H36N6O6S. The Morgan fingerprint density at radius 3 is 2.44 bits per heavy atom. The number of rotatable bonds is 11. The van der Waals surface area contributed by atoms with Crippen LogP contribution in [0, 0.1) is 5.92 Å². The zero-order chi connectivity index (χ0) is 31.2. The summed E-state index contributed by atoms with van der Waals surface area (Å²) in [6.45, 7) is 4.51. The minimum Gasteiger partial charge on any atom is -0.379 e. The minimum absolute atomic E-state index is 0.0316. The van der Waals surface area contributed by atoms with E-state index < -0.39 is 23.9 Å². The van der Waals surface area contributed by atoms with Gasteiger partial charge in [0.2, 0.25) is 5.91 Å². The molecule has 12 nitrogen and oxygen atoms in total. The van der Waals surface area contributed by atoms with Gasteiger partial charge in [0.15, 0.2) is 5.13 Å². The number of amides is 4. The number of nitrogens with one attached hydrogen (secondary N) is 3. The molecule has 1 aliphatic carbocycles. The molecule has 0 bridgehead atoms. The van der Waals surface area contributed by atoms with Crippen molar-refractivity contribution in [2.75, 3.05) is 58.0 Å². The predicted octanol–water partition coefficient (Wildman–Crippen LogP) is 2.26. The summed E-state index contributed by atoms with van der Waals surface area (Å²) >= 11 is 1.26. The van der Waals surface area contributed by atoms with Gasteiger partial charge in [-0.3, -0.25) is 24.1 Å². The third-order valence-corrected chi connectivity index (χ3v) is 8.83. The number of ether oxygens (including phenoxy) is 2. The van der Waals surface area contributed by atoms with Crippen molar-refractivity contribution in [3.63, 3.8) is 0 Å². The van der Waals surface area contributed by atoms with E-state index in [1.807, 2.05) is 23.6 Å². The van der Waals surface area contributed by atoms with Crippen molar-refractivity contribution in [2.45, 2.75) is 24.9 Å². The zero-order valence-corrected chi connectivity index (χ0v) is 25.6. The highest BCUT2D eigenvalue weighted by molar-refractivity contribution is 7.14. The molecule has 3 aliphatic rings. The van der Waals surface area contributed by atoms with E-state index in [-0.39, 0.29) is 31.1 Å². The van der Waals surface area contributed by atoms with Gasteiger partial charge in [-0.25, -0.2) is 4.98 Å². The summed E-state index contributed by atoms with van der Waals surface area (Å²) in [4.78, 5) is 60.4. The van der Waals surface area contributed by atoms with Crippen LogP contribution >= 0.6 is 11.3 Å². The predicted molar refractivity (Wildman–Crippen MR) is 167 cm³/mol. The molecule has 2 aromatic carbocycles. The summed E-state index contributed by atoms with van der Waals surface area (Å²) in [6, 6.07) is 14.4. The highest BCUT2D eigenvalue weighted by atomic mass is 32.1. The van der Waals surface area contributed by atoms with Gasteiger partial charge in [0.05, 0.1) is 25.5 Å². The molecule has 1 aromatic heterocycles. The first-order chi connectivity index (χ1) is 22.0. The van der Waals surface area contributed by atoms with Crippen molar-refractivity contribution in [3.05, 3.63) is 71.1 Å². The third kappa shape index (κ3) is 7.74. The summed E-state index contributed by atoms with van der Waals surface area (Å²) in [7, 11) is 0. The molecule has 0 radical (unpaired) electrons. The fourth-order valence-electron chi connectivity index (χ4n) is 5.28. The number of morpholine rings is 1. The second-order valence-corrected chi connectivity index (χ2v) is 12.1. The van der Waals surface area contributed by atoms with E-state index >= 15 is 0 Å². The number of hydrogen-bond donors (Lipinski definition) is 3. The first-order valence-electron chi connectivity index (χ1n) is 15.1. The lowest BCUT2D eigenvalue weighted by molar-refractivity contribution is -0.141. The molecule has 3 heterocycles. The number of nitrogens with zero attached hydrogens (tertiary/aromatic N) is 3. The normalized spacial score (nSPS) is 19.1. The number of carbonyl (C=O) groups is 4. The molecule has 0 spiro atoms. The third-order valence-electron chi connectivity index (χ3n) is 8.08. The number of anilines is 1. The lowest BCUT2D eigenvalue weighted by atomic mass is 10.0. The summed E-state index contributed by atoms with van der Waals surface area (Å²) in [5.74, 6) is -1.20. The van der Waals surface area contributed by atoms with Crippen LogP contribution in [0.1, 0.15) is 34.8 Å². The molecule has 3 N–H and O–H groups in total. The van der Waals surface area contributed by atoms with Gasteiger partial charge in [-0.1, -0.05) is 42.5 Å². The van der Waals surface area contributed by atoms with Gasteiger partial charge in [-0.15, -0.1) is 11.3 Å². The second kappa shape index (κ2) is 14.3. The Morgan fingerprint density at radius 2 is 1.71 bits per heavy atom. The minimum atomic E-state index is -0.919. The van der Waals surface area contributed by atoms with Gasteiger partial charge in [0.1, 0.15) is 18.8 Å². The number of benzene rings is 2. The molecule has 6 rings (SSSR count). The fourth-order valence-corrected chi connectivity index (χ4v) is 6.00. The second-order valence-electron chi connectivity index (χ2n) is 11.3. The van der Waals surface area contributed by atoms with Crippen LogP contribution in [0.2, 0.25) is 0 Å². The molecule has 1 saturated carbocycles. The quantitative estimate of drug-likeness (QED) is 0.292. The van der Waals surface area contributed by atoms with Crippen LogP contribution in [0.25, 0.3) is 11.3 Å². The summed E-state index contributed by atoms with van der Waals surface area (Å²) in [6.07, 6.45) is 1.62. The summed E-state index contributed by atoms with van der Waals surface area (Å²) in [5.41, 5.74) is 2.65. The average molecular weight is 633 g/mol. The van der Waals surface area contributed by atoms with E-state index in [0.29, 0.717) is 28.5 Å². The van der Waals surface area contributed by atoms with E-state index in [9.17, 15) is 19.2 Å². The monoisotopic (exact) mass is 632 g/mol. The zero-order valence-electron chi connectivity index (χ0n) is 24.8. The highest BCUT2D eigenvalue weighted by Gasteiger charge is 2.41. The first-order valence-corrected chi connectivity index (χ1v) is 16.0. The molecule has 13 heteroatoms. The van der Waals surface area contributed by atoms with Crippen LogP contribution in [0.3, 0.4) is 0 Å². The van der Waals surface area contributed by atoms with Crippen LogP contribution in [-0.2, 0) is 23.9 Å². The summed E-state index contributed by atoms with van der Waals surface area (Å²) in [5, 5.41) is 10.9. The Hall–Kier alpha value is -4.17. The lowest BCUT2D eigenvalue weighted by Gasteiger charge is -2.27. The van der Waals surface area contributed by atoms with Gasteiger partial charge >= 0.3 is 0 Å². The van der Waals surface area contributed by atoms with E-state index in [4.69, 9.17) is 9.47 Å². The number of thiazole rings is 1. The largest absolute Gasteiger partial charge is 0.379 e. The van der Waals surface area contributed by atoms with Crippen molar-refractivity contribution >= 4 is 40.1 Å². The smallest absolute Gasteiger partial charge is 0.252 e. The van der Waals surface area contributed by atoms with E-state index in [1.54, 1.807) is 36.4 Å². The molecule has 3 fully saturated rings. The average Bonchev–Trinajstić information content (AvgIpc) is 3.63. The molecule has 2 atom stereocenters. The van der Waals surface area contributed by atoms with Gasteiger partial charge in [0.25, 0.3) is 17.7 Å². The molecule has 0 unspecified atom stereocenters. The van der Waals surface area contributed by atoms with Crippen molar-refractivity contribution in [2.24, 2.45) is 5.92 Å². The Labute approximate surface area is 265 Å². The maximum Gasteiger partial charge on any atom is 0.252 e. The van der Waals surface area contributed by atoms with Crippen LogP contribution in [0.4, 0.5) is 5.13 Å². The molecule has 236 valence electrons. The van der Waals surface area contributed by atoms with Crippen molar-refractivity contribution in [1.82, 2.24) is 25.4 Å². The molecule has 2 saturated heterocycles. The topological polar surface area (TPSA) is 142 Å². The Morgan fingerprint density at radius 1 is 0.956 bits per heavy atom. The Bertz CT molecular complexity index is 1510. The Kier molecular flexibility index (Phi) is 9.79. The number of aromatic nitrogens is 1. The van der Waals surface area contributed by atoms with Gasteiger partial charge in [-0.05, 0) is 30.5 Å². The van der Waals surface area contributed by atoms with Crippen LogP contribution < -0.4 is 16.0 Å². The number of hydrogen-bond acceptors (Lipinski definition) is 9. The first kappa shape index (κ1) is 30.8. The molecule has 4 amide bonds. The van der Waals surface area contributed by atoms with Crippen molar-refractivity contribution in [1.29, 1.82) is 0 Å². The van der Waals surface area contributed by atoms with Crippen LogP contribution in [-0.4, -0.2) is 97.2 Å². The maximum atomic E-state index is 13.7. The van der Waals surface area contributed by atoms with Gasteiger partial charge in [-0.2, -0.15) is 0 Å². The van der Waals surface area contributed by atoms with Crippen LogP contribution in [0.15, 0.2) is 60.0 Å². The standard InChI is InChI=1S/C32H36N6O6S/c39-28(33-12-13-37-14-16-43-17-15-37)23-8-6-21(7-9-23)25-19-45-32(34-25)36-30(41)26-18-44-20-38(26)31(42)27(22-4-2-1-3-5-22)35-29(40)24-10-11-24/h1-9,19,24,26-27H,10-18,20H2,(H,33,39)(H,35,40)(H,34,36,41)/t26-,27+/m0/s1. The van der Waals surface area contributed by atoms with E-state index in [0.717, 1.165) is 51.3 Å². The number of carbonyl (C=O) groups excluding carboxylic acids is 4. The summed E-state index contributed by atoms with van der Waals surface area (Å²) < 4.78 is 10.9. The van der Waals surface area contributed by atoms with Crippen LogP contribution in [0.5, 0.6) is 0 Å². The SMILES string of the molecule is O=C(NCCN1CCOCC1)c1ccc(-c2csc(NC(=O)[C@@H]3COCN3C(=O)[C@H](NC(=O)C3CC3)c3ccccc3)n2)cc1. The highest BCUT2D eigenvalue weighted by Crippen LogP contribution is 2.31. The van der Waals surface area contributed by atoms with Gasteiger partial charge in [0, 0.05) is 48.6 Å². The van der Waals surface area contributed by atoms with Gasteiger partial charge < -0.3 is 30.3 Å². The van der Waals surface area contributed by atoms with Crippen molar-refractivity contribution < 1.29 is 28.7 Å². The van der Waals surface area contributed by atoms with Crippen molar-refractivity contribution in [3.8, 4) is 11.3 Å².